The van der Waals surface area contributed by atoms with E-state index in [-0.39, 0.29) is 59.1 Å². The summed E-state index contributed by atoms with van der Waals surface area (Å²) in [5.41, 5.74) is 0. The SMILES string of the molecule is CC(OC(=O)C1CC2C(=O)C1C1C3C=CC(C3=O)C21)OC1CCCCCCC1. The van der Waals surface area contributed by atoms with Crippen molar-refractivity contribution in [2.75, 3.05) is 0 Å². The molecule has 152 valence electrons. The molecule has 0 aromatic heterocycles. The molecule has 5 aliphatic rings. The molecule has 5 heteroatoms. The number of Topliss-reactive ketones (excluding diaryl/α,β-unsaturated/α-hetero) is 2. The van der Waals surface area contributed by atoms with Gasteiger partial charge in [-0.25, -0.2) is 0 Å². The van der Waals surface area contributed by atoms with Crippen molar-refractivity contribution in [2.45, 2.75) is 70.7 Å². The fourth-order valence-corrected chi connectivity index (χ4v) is 6.88. The van der Waals surface area contributed by atoms with Crippen LogP contribution in [0.5, 0.6) is 0 Å². The number of hydrogen-bond donors (Lipinski definition) is 0. The van der Waals surface area contributed by atoms with Gasteiger partial charge in [0.05, 0.1) is 12.0 Å². The lowest BCUT2D eigenvalue weighted by Gasteiger charge is -2.33. The van der Waals surface area contributed by atoms with Gasteiger partial charge in [0.2, 0.25) is 0 Å². The summed E-state index contributed by atoms with van der Waals surface area (Å²) >= 11 is 0. The summed E-state index contributed by atoms with van der Waals surface area (Å²) in [6.45, 7) is 1.79. The molecule has 0 N–H and O–H groups in total. The molecule has 5 aliphatic carbocycles. The zero-order valence-electron chi connectivity index (χ0n) is 16.5. The van der Waals surface area contributed by atoms with Crippen LogP contribution in [-0.4, -0.2) is 29.9 Å². The fourth-order valence-electron chi connectivity index (χ4n) is 6.88. The van der Waals surface area contributed by atoms with Crippen LogP contribution >= 0.6 is 0 Å². The quantitative estimate of drug-likeness (QED) is 0.320. The Morgan fingerprint density at radius 2 is 1.61 bits per heavy atom. The van der Waals surface area contributed by atoms with Gasteiger partial charge >= 0.3 is 5.97 Å². The van der Waals surface area contributed by atoms with Crippen molar-refractivity contribution in [3.05, 3.63) is 12.2 Å². The van der Waals surface area contributed by atoms with Crippen LogP contribution in [0.15, 0.2) is 12.2 Å². The Morgan fingerprint density at radius 1 is 0.964 bits per heavy atom. The maximum Gasteiger partial charge on any atom is 0.311 e. The van der Waals surface area contributed by atoms with Crippen molar-refractivity contribution in [3.63, 3.8) is 0 Å². The van der Waals surface area contributed by atoms with Gasteiger partial charge in [-0.15, -0.1) is 0 Å². The van der Waals surface area contributed by atoms with Crippen molar-refractivity contribution >= 4 is 17.5 Å². The van der Waals surface area contributed by atoms with E-state index in [1.807, 2.05) is 12.2 Å². The number of carbonyl (C=O) groups excluding carboxylic acids is 3. The van der Waals surface area contributed by atoms with Gasteiger partial charge in [0.15, 0.2) is 6.29 Å². The molecule has 0 heterocycles. The second-order valence-corrected chi connectivity index (χ2v) is 9.48. The smallest absolute Gasteiger partial charge is 0.311 e. The molecule has 4 fully saturated rings. The van der Waals surface area contributed by atoms with Gasteiger partial charge in [-0.1, -0.05) is 44.3 Å². The summed E-state index contributed by atoms with van der Waals surface area (Å²) in [5.74, 6) is -0.830. The molecule has 5 nitrogen and oxygen atoms in total. The van der Waals surface area contributed by atoms with E-state index >= 15 is 0 Å². The minimum absolute atomic E-state index is 0.0214. The topological polar surface area (TPSA) is 69.7 Å². The lowest BCUT2D eigenvalue weighted by atomic mass is 9.69. The molecule has 4 bridgehead atoms. The number of hydrogen-bond acceptors (Lipinski definition) is 5. The molecular formula is C23H30O5. The van der Waals surface area contributed by atoms with Crippen LogP contribution in [0.4, 0.5) is 0 Å². The second-order valence-electron chi connectivity index (χ2n) is 9.48. The predicted molar refractivity (Wildman–Crippen MR) is 101 cm³/mol. The Morgan fingerprint density at radius 3 is 2.32 bits per heavy atom. The van der Waals surface area contributed by atoms with Gasteiger partial charge in [0, 0.05) is 23.7 Å². The summed E-state index contributed by atoms with van der Waals surface area (Å²) in [4.78, 5) is 38.1. The van der Waals surface area contributed by atoms with E-state index in [1.165, 1.54) is 32.1 Å². The third kappa shape index (κ3) is 2.80. The van der Waals surface area contributed by atoms with Crippen LogP contribution in [0.3, 0.4) is 0 Å². The molecular weight excluding hydrogens is 356 g/mol. The van der Waals surface area contributed by atoms with Gasteiger partial charge < -0.3 is 9.47 Å². The average Bonchev–Trinajstić information content (AvgIpc) is 3.34. The highest BCUT2D eigenvalue weighted by molar-refractivity contribution is 6.01. The number of esters is 1. The first-order valence-electron chi connectivity index (χ1n) is 11.2. The predicted octanol–water partition coefficient (Wildman–Crippen LogP) is 3.46. The lowest BCUT2D eigenvalue weighted by Crippen LogP contribution is -2.37. The van der Waals surface area contributed by atoms with Crippen molar-refractivity contribution in [2.24, 2.45) is 41.4 Å². The van der Waals surface area contributed by atoms with E-state index < -0.39 is 12.2 Å². The molecule has 0 aliphatic heterocycles. The third-order valence-electron chi connectivity index (χ3n) is 7.99. The second kappa shape index (κ2) is 7.08. The lowest BCUT2D eigenvalue weighted by molar-refractivity contribution is -0.193. The Hall–Kier alpha value is -1.49. The first-order valence-corrected chi connectivity index (χ1v) is 11.2. The van der Waals surface area contributed by atoms with Crippen molar-refractivity contribution in [3.8, 4) is 0 Å². The number of fused-ring (bicyclic) bond motifs is 9. The zero-order chi connectivity index (χ0) is 19.4. The van der Waals surface area contributed by atoms with E-state index in [0.29, 0.717) is 6.42 Å². The average molecular weight is 386 g/mol. The van der Waals surface area contributed by atoms with Gasteiger partial charge in [-0.05, 0) is 38.0 Å². The summed E-state index contributed by atoms with van der Waals surface area (Å²) in [6, 6.07) is 0. The van der Waals surface area contributed by atoms with Crippen LogP contribution < -0.4 is 0 Å². The van der Waals surface area contributed by atoms with Crippen LogP contribution in [0.1, 0.15) is 58.3 Å². The maximum atomic E-state index is 12.9. The summed E-state index contributed by atoms with van der Waals surface area (Å²) in [7, 11) is 0. The summed E-state index contributed by atoms with van der Waals surface area (Å²) in [6.07, 6.45) is 12.3. The van der Waals surface area contributed by atoms with Gasteiger partial charge in [0.25, 0.3) is 0 Å². The molecule has 0 saturated heterocycles. The molecule has 0 aromatic carbocycles. The standard InChI is InChI=1S/C23H30O5/c1-12(27-13-7-5-3-2-4-6-8-13)28-23(26)17-11-16-18-14-9-10-15(21(14)24)19(18)20(17)22(16)25/h9-10,12-20H,2-8,11H2,1H3. The monoisotopic (exact) mass is 386 g/mol. The molecule has 0 amide bonds. The highest BCUT2D eigenvalue weighted by atomic mass is 16.7. The fraction of sp³-hybridized carbons (Fsp3) is 0.783. The molecule has 5 rings (SSSR count). The van der Waals surface area contributed by atoms with Crippen LogP contribution in [0.25, 0.3) is 0 Å². The number of ether oxygens (including phenoxy) is 2. The Balaban J connectivity index is 1.21. The molecule has 28 heavy (non-hydrogen) atoms. The highest BCUT2D eigenvalue weighted by Crippen LogP contribution is 2.64. The van der Waals surface area contributed by atoms with Gasteiger partial charge in [0.1, 0.15) is 11.6 Å². The zero-order valence-corrected chi connectivity index (χ0v) is 16.5. The van der Waals surface area contributed by atoms with E-state index in [2.05, 4.69) is 0 Å². The number of carbonyl (C=O) groups is 3. The van der Waals surface area contributed by atoms with Gasteiger partial charge in [-0.3, -0.25) is 14.4 Å². The van der Waals surface area contributed by atoms with E-state index in [0.717, 1.165) is 12.8 Å². The van der Waals surface area contributed by atoms with Gasteiger partial charge in [-0.2, -0.15) is 0 Å². The molecule has 0 aromatic rings. The van der Waals surface area contributed by atoms with E-state index in [9.17, 15) is 14.4 Å². The molecule has 8 atom stereocenters. The number of rotatable bonds is 4. The first-order chi connectivity index (χ1) is 13.6. The van der Waals surface area contributed by atoms with Crippen molar-refractivity contribution in [1.82, 2.24) is 0 Å². The Labute approximate surface area is 166 Å². The molecule has 0 radical (unpaired) electrons. The first kappa shape index (κ1) is 18.5. The largest absolute Gasteiger partial charge is 0.436 e. The van der Waals surface area contributed by atoms with Crippen LogP contribution in [-0.2, 0) is 23.9 Å². The normalized spacial score (nSPS) is 43.1. The Kier molecular flexibility index (Phi) is 4.69. The number of allylic oxidation sites excluding steroid dienone is 2. The van der Waals surface area contributed by atoms with Crippen LogP contribution in [0.2, 0.25) is 0 Å². The minimum Gasteiger partial charge on any atom is -0.436 e. The molecule has 0 spiro atoms. The van der Waals surface area contributed by atoms with Crippen LogP contribution in [0, 0.1) is 41.4 Å². The highest BCUT2D eigenvalue weighted by Gasteiger charge is 2.69. The molecule has 4 saturated carbocycles. The van der Waals surface area contributed by atoms with Crippen molar-refractivity contribution < 1.29 is 23.9 Å². The number of ketones is 2. The summed E-state index contributed by atoms with van der Waals surface area (Å²) < 4.78 is 11.7. The summed E-state index contributed by atoms with van der Waals surface area (Å²) in [5, 5.41) is 0. The third-order valence-corrected chi connectivity index (χ3v) is 7.99. The maximum absolute atomic E-state index is 12.9. The van der Waals surface area contributed by atoms with E-state index in [4.69, 9.17) is 9.47 Å². The molecule has 8 unspecified atom stereocenters. The van der Waals surface area contributed by atoms with E-state index in [1.54, 1.807) is 6.92 Å². The Bertz CT molecular complexity index is 704. The van der Waals surface area contributed by atoms with Crippen molar-refractivity contribution in [1.29, 1.82) is 0 Å². The minimum atomic E-state index is -0.580.